The molecule has 2 N–H and O–H groups in total. The van der Waals surface area contributed by atoms with Gasteiger partial charge in [-0.2, -0.15) is 0 Å². The Morgan fingerprint density at radius 2 is 2.00 bits per heavy atom. The van der Waals surface area contributed by atoms with Gasteiger partial charge in [-0.1, -0.05) is 6.07 Å². The molecule has 8 nitrogen and oxygen atoms in total. The number of benzene rings is 1. The average Bonchev–Trinajstić information content (AvgIpc) is 2.56. The molecule has 1 heterocycles. The number of likely N-dealkylation sites (tertiary alicyclic amines) is 1. The van der Waals surface area contributed by atoms with E-state index in [2.05, 4.69) is 5.32 Å². The van der Waals surface area contributed by atoms with Crippen LogP contribution >= 0.6 is 12.4 Å². The first kappa shape index (κ1) is 23.4. The Kier molecular flexibility index (Phi) is 8.22. The fourth-order valence-electron chi connectivity index (χ4n) is 2.96. The molecule has 0 aliphatic carbocycles. The van der Waals surface area contributed by atoms with Gasteiger partial charge >= 0.3 is 5.97 Å². The van der Waals surface area contributed by atoms with Gasteiger partial charge in [-0.05, 0) is 44.0 Å². The van der Waals surface area contributed by atoms with E-state index < -0.39 is 21.9 Å². The van der Waals surface area contributed by atoms with Crippen LogP contribution in [0.2, 0.25) is 0 Å². The largest absolute Gasteiger partial charge is 0.481 e. The van der Waals surface area contributed by atoms with E-state index in [9.17, 15) is 18.0 Å². The number of carbonyl (C=O) groups excluding carboxylic acids is 1. The summed E-state index contributed by atoms with van der Waals surface area (Å²) < 4.78 is 25.8. The molecule has 0 saturated carbocycles. The van der Waals surface area contributed by atoms with Gasteiger partial charge in [0.15, 0.2) is 0 Å². The van der Waals surface area contributed by atoms with Gasteiger partial charge in [0.2, 0.25) is 15.9 Å². The van der Waals surface area contributed by atoms with Crippen molar-refractivity contribution in [2.24, 2.45) is 5.92 Å². The first-order valence-corrected chi connectivity index (χ1v) is 9.83. The molecule has 1 aromatic rings. The second-order valence-corrected chi connectivity index (χ2v) is 8.85. The number of nitrogens with one attached hydrogen (secondary N) is 1. The fraction of sp³-hybridized carbons (Fsp3) is 0.529. The highest BCUT2D eigenvalue weighted by atomic mass is 35.5. The molecular formula is C17H26ClN3O5S. The molecule has 152 valence electrons. The molecule has 10 heteroatoms. The van der Waals surface area contributed by atoms with Crippen LogP contribution in [0.3, 0.4) is 0 Å². The topological polar surface area (TPSA) is 107 Å². The van der Waals surface area contributed by atoms with Gasteiger partial charge in [-0.3, -0.25) is 14.5 Å². The number of hydrogen-bond donors (Lipinski definition) is 2. The number of hydrogen-bond acceptors (Lipinski definition) is 5. The van der Waals surface area contributed by atoms with Crippen LogP contribution in [0.5, 0.6) is 0 Å². The summed E-state index contributed by atoms with van der Waals surface area (Å²) in [7, 11) is -0.696. The number of aliphatic carboxylic acids is 1. The predicted molar refractivity (Wildman–Crippen MR) is 105 cm³/mol. The molecule has 2 rings (SSSR count). The van der Waals surface area contributed by atoms with Crippen molar-refractivity contribution >= 4 is 40.0 Å². The summed E-state index contributed by atoms with van der Waals surface area (Å²) in [6.45, 7) is 2.79. The van der Waals surface area contributed by atoms with E-state index in [1.807, 2.05) is 4.90 Å². The van der Waals surface area contributed by atoms with E-state index in [0.717, 1.165) is 10.7 Å². The minimum atomic E-state index is -3.60. The molecule has 1 aliphatic heterocycles. The molecule has 1 amide bonds. The van der Waals surface area contributed by atoms with Crippen molar-refractivity contribution in [3.05, 3.63) is 23.8 Å². The molecule has 1 unspecified atom stereocenters. The number of carboxylic acids is 1. The Morgan fingerprint density at radius 1 is 1.33 bits per heavy atom. The summed E-state index contributed by atoms with van der Waals surface area (Å²) in [5.41, 5.74) is 0.991. The fourth-order valence-corrected chi connectivity index (χ4v) is 4.10. The second-order valence-electron chi connectivity index (χ2n) is 6.73. The van der Waals surface area contributed by atoms with Gasteiger partial charge in [0, 0.05) is 26.3 Å². The molecule has 0 radical (unpaired) electrons. The first-order valence-electron chi connectivity index (χ1n) is 8.39. The molecule has 0 aromatic heterocycles. The van der Waals surface area contributed by atoms with E-state index in [-0.39, 0.29) is 29.8 Å². The highest BCUT2D eigenvalue weighted by molar-refractivity contribution is 7.89. The van der Waals surface area contributed by atoms with Gasteiger partial charge in [0.1, 0.15) is 0 Å². The lowest BCUT2D eigenvalue weighted by molar-refractivity contribution is -0.144. The van der Waals surface area contributed by atoms with Crippen molar-refractivity contribution < 1.29 is 23.1 Å². The molecule has 0 bridgehead atoms. The number of carboxylic acid groups (broad SMARTS) is 1. The quantitative estimate of drug-likeness (QED) is 0.721. The minimum Gasteiger partial charge on any atom is -0.481 e. The number of sulfonamides is 1. The normalized spacial score (nSPS) is 18.0. The predicted octanol–water partition coefficient (Wildman–Crippen LogP) is 1.40. The third-order valence-electron chi connectivity index (χ3n) is 4.45. The summed E-state index contributed by atoms with van der Waals surface area (Å²) in [5, 5.41) is 11.8. The van der Waals surface area contributed by atoms with Gasteiger partial charge in [-0.25, -0.2) is 12.7 Å². The molecule has 1 fully saturated rings. The number of piperidine rings is 1. The average molecular weight is 420 g/mol. The Hall–Kier alpha value is -1.68. The van der Waals surface area contributed by atoms with Crippen LogP contribution in [0.4, 0.5) is 5.69 Å². The van der Waals surface area contributed by atoms with Gasteiger partial charge in [-0.15, -0.1) is 12.4 Å². The maximum atomic E-state index is 12.4. The SMILES string of the molecule is Cc1ccc(NC(=O)CN2CCCC(C(=O)O)C2)cc1S(=O)(=O)N(C)C.Cl. The maximum Gasteiger partial charge on any atom is 0.307 e. The Bertz CT molecular complexity index is 798. The van der Waals surface area contributed by atoms with Crippen molar-refractivity contribution in [2.45, 2.75) is 24.7 Å². The van der Waals surface area contributed by atoms with Crippen LogP contribution in [0, 0.1) is 12.8 Å². The molecular weight excluding hydrogens is 394 g/mol. The van der Waals surface area contributed by atoms with Crippen LogP contribution in [0.25, 0.3) is 0 Å². The van der Waals surface area contributed by atoms with E-state index in [1.165, 1.54) is 20.2 Å². The zero-order valence-electron chi connectivity index (χ0n) is 15.6. The Labute approximate surface area is 166 Å². The van der Waals surface area contributed by atoms with Crippen LogP contribution in [0.15, 0.2) is 23.1 Å². The lowest BCUT2D eigenvalue weighted by Crippen LogP contribution is -2.42. The van der Waals surface area contributed by atoms with E-state index >= 15 is 0 Å². The zero-order valence-corrected chi connectivity index (χ0v) is 17.3. The van der Waals surface area contributed by atoms with Crippen molar-refractivity contribution in [1.82, 2.24) is 9.21 Å². The van der Waals surface area contributed by atoms with E-state index in [4.69, 9.17) is 5.11 Å². The zero-order chi connectivity index (χ0) is 19.5. The lowest BCUT2D eigenvalue weighted by Gasteiger charge is -2.29. The van der Waals surface area contributed by atoms with Crippen molar-refractivity contribution in [3.63, 3.8) is 0 Å². The smallest absolute Gasteiger partial charge is 0.307 e. The van der Waals surface area contributed by atoms with Gasteiger partial charge in [0.05, 0.1) is 17.4 Å². The number of amides is 1. The number of halogens is 1. The third-order valence-corrected chi connectivity index (χ3v) is 6.41. The van der Waals surface area contributed by atoms with Gasteiger partial charge in [0.25, 0.3) is 0 Å². The molecule has 27 heavy (non-hydrogen) atoms. The standard InChI is InChI=1S/C17H25N3O5S.ClH/c1-12-6-7-14(9-15(12)26(24,25)19(2)3)18-16(21)11-20-8-4-5-13(10-20)17(22)23;/h6-7,9,13H,4-5,8,10-11H2,1-3H3,(H,18,21)(H,22,23);1H. The summed E-state index contributed by atoms with van der Waals surface area (Å²) in [6, 6.07) is 4.74. The first-order chi connectivity index (χ1) is 12.1. The Morgan fingerprint density at radius 3 is 2.59 bits per heavy atom. The third kappa shape index (κ3) is 5.90. The summed E-state index contributed by atoms with van der Waals surface area (Å²) in [4.78, 5) is 25.3. The van der Waals surface area contributed by atoms with Crippen LogP contribution in [-0.2, 0) is 19.6 Å². The highest BCUT2D eigenvalue weighted by Gasteiger charge is 2.26. The number of aryl methyl sites for hydroxylation is 1. The van der Waals surface area contributed by atoms with Crippen LogP contribution < -0.4 is 5.32 Å². The summed E-state index contributed by atoms with van der Waals surface area (Å²) in [5.74, 6) is -1.59. The van der Waals surface area contributed by atoms with Crippen molar-refractivity contribution in [2.75, 3.05) is 39.0 Å². The molecule has 1 atom stereocenters. The number of anilines is 1. The second kappa shape index (κ2) is 9.50. The molecule has 1 aliphatic rings. The van der Waals surface area contributed by atoms with Crippen LogP contribution in [0.1, 0.15) is 18.4 Å². The van der Waals surface area contributed by atoms with Gasteiger partial charge < -0.3 is 10.4 Å². The number of rotatable bonds is 6. The van der Waals surface area contributed by atoms with E-state index in [1.54, 1.807) is 19.1 Å². The molecule has 1 saturated heterocycles. The lowest BCUT2D eigenvalue weighted by atomic mass is 9.98. The highest BCUT2D eigenvalue weighted by Crippen LogP contribution is 2.22. The van der Waals surface area contributed by atoms with E-state index in [0.29, 0.717) is 30.8 Å². The Balaban J connectivity index is 0.00000364. The molecule has 1 aromatic carbocycles. The van der Waals surface area contributed by atoms with Crippen LogP contribution in [-0.4, -0.2) is 68.3 Å². The maximum absolute atomic E-state index is 12.4. The summed E-state index contributed by atoms with van der Waals surface area (Å²) >= 11 is 0. The summed E-state index contributed by atoms with van der Waals surface area (Å²) in [6.07, 6.45) is 1.36. The number of nitrogens with zero attached hydrogens (tertiary/aromatic N) is 2. The molecule has 0 spiro atoms. The van der Waals surface area contributed by atoms with Crippen molar-refractivity contribution in [1.29, 1.82) is 0 Å². The number of carbonyl (C=O) groups is 2. The minimum absolute atomic E-state index is 0. The van der Waals surface area contributed by atoms with Crippen molar-refractivity contribution in [3.8, 4) is 0 Å². The monoisotopic (exact) mass is 419 g/mol.